The van der Waals surface area contributed by atoms with Crippen molar-refractivity contribution in [3.8, 4) is 5.75 Å². The maximum atomic E-state index is 13.1. The normalized spacial score (nSPS) is 13.5. The van der Waals surface area contributed by atoms with Gasteiger partial charge in [0.1, 0.15) is 17.3 Å². The van der Waals surface area contributed by atoms with Gasteiger partial charge in [0.25, 0.3) is 17.4 Å². The number of carbonyl (C=O) groups is 2. The minimum atomic E-state index is -0.581. The second kappa shape index (κ2) is 8.03. The van der Waals surface area contributed by atoms with Crippen LogP contribution in [-0.2, 0) is 11.8 Å². The minimum absolute atomic E-state index is 0.00427. The number of amides is 2. The number of hydrogen-bond donors (Lipinski definition) is 1. The average Bonchev–Trinajstić information content (AvgIpc) is 3.18. The van der Waals surface area contributed by atoms with Crippen molar-refractivity contribution in [1.29, 1.82) is 0 Å². The third kappa shape index (κ3) is 4.52. The molecule has 1 aliphatic rings. The van der Waals surface area contributed by atoms with Crippen LogP contribution in [0.3, 0.4) is 0 Å². The monoisotopic (exact) mass is 373 g/mol. The Morgan fingerprint density at radius 2 is 1.96 bits per heavy atom. The minimum Gasteiger partial charge on any atom is -0.484 e. The van der Waals surface area contributed by atoms with Gasteiger partial charge in [-0.3, -0.25) is 14.4 Å². The Hall–Kier alpha value is -3.16. The van der Waals surface area contributed by atoms with E-state index < -0.39 is 23.9 Å². The van der Waals surface area contributed by atoms with Crippen LogP contribution >= 0.6 is 0 Å². The summed E-state index contributed by atoms with van der Waals surface area (Å²) in [6, 6.07) is 6.78. The lowest BCUT2D eigenvalue weighted by molar-refractivity contribution is -0.118. The maximum Gasteiger partial charge on any atom is 0.274 e. The standard InChI is InChI=1S/C19H20FN3O4/c1-22-11-13(18(25)23-7-2-3-8-23)9-16(19(22)26)21-17(24)12-27-15-6-4-5-14(20)10-15/h4-6,9-11H,2-3,7-8,12H2,1H3,(H,21,24). The summed E-state index contributed by atoms with van der Waals surface area (Å²) in [5.74, 6) is -1.03. The van der Waals surface area contributed by atoms with Crippen molar-refractivity contribution in [1.82, 2.24) is 9.47 Å². The third-order valence-electron chi connectivity index (χ3n) is 4.26. The van der Waals surface area contributed by atoms with Crippen LogP contribution in [0.1, 0.15) is 23.2 Å². The zero-order chi connectivity index (χ0) is 19.4. The van der Waals surface area contributed by atoms with E-state index in [-0.39, 0.29) is 17.3 Å². The van der Waals surface area contributed by atoms with E-state index in [1.165, 1.54) is 42.1 Å². The molecule has 1 N–H and O–H groups in total. The Bertz CT molecular complexity index is 919. The van der Waals surface area contributed by atoms with Gasteiger partial charge in [-0.25, -0.2) is 4.39 Å². The smallest absolute Gasteiger partial charge is 0.274 e. The van der Waals surface area contributed by atoms with Crippen molar-refractivity contribution in [2.24, 2.45) is 7.05 Å². The molecule has 2 aromatic rings. The SMILES string of the molecule is Cn1cc(C(=O)N2CCCC2)cc(NC(=O)COc2cccc(F)c2)c1=O. The van der Waals surface area contributed by atoms with Crippen LogP contribution in [0.4, 0.5) is 10.1 Å². The fraction of sp³-hybridized carbons (Fsp3) is 0.316. The quantitative estimate of drug-likeness (QED) is 0.866. The number of ether oxygens (including phenoxy) is 1. The molecular formula is C19H20FN3O4. The Kier molecular flexibility index (Phi) is 5.54. The third-order valence-corrected chi connectivity index (χ3v) is 4.26. The summed E-state index contributed by atoms with van der Waals surface area (Å²) in [5, 5.41) is 2.46. The molecule has 0 aliphatic carbocycles. The number of anilines is 1. The highest BCUT2D eigenvalue weighted by atomic mass is 19.1. The summed E-state index contributed by atoms with van der Waals surface area (Å²) < 4.78 is 19.6. The Labute approximate surface area is 155 Å². The number of pyridine rings is 1. The summed E-state index contributed by atoms with van der Waals surface area (Å²) in [4.78, 5) is 38.6. The molecule has 3 rings (SSSR count). The van der Waals surface area contributed by atoms with Crippen molar-refractivity contribution < 1.29 is 18.7 Å². The first kappa shape index (κ1) is 18.6. The first-order chi connectivity index (χ1) is 12.9. The number of nitrogens with one attached hydrogen (secondary N) is 1. The summed E-state index contributed by atoms with van der Waals surface area (Å²) in [7, 11) is 1.52. The average molecular weight is 373 g/mol. The highest BCUT2D eigenvalue weighted by Crippen LogP contribution is 2.15. The van der Waals surface area contributed by atoms with Crippen molar-refractivity contribution in [3.05, 3.63) is 58.3 Å². The number of rotatable bonds is 5. The van der Waals surface area contributed by atoms with E-state index in [1.54, 1.807) is 4.90 Å². The number of benzene rings is 1. The summed E-state index contributed by atoms with van der Waals surface area (Å²) in [6.45, 7) is 0.979. The Balaban J connectivity index is 1.70. The molecule has 1 aromatic carbocycles. The number of likely N-dealkylation sites (tertiary alicyclic amines) is 1. The molecule has 2 heterocycles. The van der Waals surface area contributed by atoms with Gasteiger partial charge in [-0.2, -0.15) is 0 Å². The van der Waals surface area contributed by atoms with Gasteiger partial charge in [0.05, 0.1) is 5.56 Å². The van der Waals surface area contributed by atoms with Gasteiger partial charge in [0, 0.05) is 32.4 Å². The van der Waals surface area contributed by atoms with E-state index in [0.29, 0.717) is 18.7 Å². The van der Waals surface area contributed by atoms with Gasteiger partial charge in [0.2, 0.25) is 0 Å². The molecule has 142 valence electrons. The molecule has 1 fully saturated rings. The van der Waals surface area contributed by atoms with Crippen molar-refractivity contribution in [2.45, 2.75) is 12.8 Å². The molecule has 0 atom stereocenters. The van der Waals surface area contributed by atoms with Gasteiger partial charge >= 0.3 is 0 Å². The number of aromatic nitrogens is 1. The van der Waals surface area contributed by atoms with Crippen LogP contribution in [-0.4, -0.2) is 41.0 Å². The molecule has 1 aromatic heterocycles. The van der Waals surface area contributed by atoms with E-state index in [0.717, 1.165) is 18.9 Å². The topological polar surface area (TPSA) is 80.6 Å². The Morgan fingerprint density at radius 1 is 1.22 bits per heavy atom. The molecule has 0 unspecified atom stereocenters. The highest BCUT2D eigenvalue weighted by Gasteiger charge is 2.21. The lowest BCUT2D eigenvalue weighted by Gasteiger charge is -2.16. The lowest BCUT2D eigenvalue weighted by Crippen LogP contribution is -2.31. The first-order valence-corrected chi connectivity index (χ1v) is 8.62. The van der Waals surface area contributed by atoms with Crippen LogP contribution in [0, 0.1) is 5.82 Å². The number of hydrogen-bond acceptors (Lipinski definition) is 4. The molecule has 8 heteroatoms. The molecule has 0 radical (unpaired) electrons. The second-order valence-electron chi connectivity index (χ2n) is 6.35. The molecule has 1 aliphatic heterocycles. The Morgan fingerprint density at radius 3 is 2.67 bits per heavy atom. The van der Waals surface area contributed by atoms with Crippen molar-refractivity contribution in [3.63, 3.8) is 0 Å². The van der Waals surface area contributed by atoms with E-state index in [9.17, 15) is 18.8 Å². The summed E-state index contributed by atoms with van der Waals surface area (Å²) in [6.07, 6.45) is 3.37. The molecule has 1 saturated heterocycles. The maximum absolute atomic E-state index is 13.1. The molecule has 0 saturated carbocycles. The van der Waals surface area contributed by atoms with Gasteiger partial charge in [-0.15, -0.1) is 0 Å². The number of halogens is 1. The zero-order valence-electron chi connectivity index (χ0n) is 14.9. The van der Waals surface area contributed by atoms with Crippen LogP contribution in [0.25, 0.3) is 0 Å². The van der Waals surface area contributed by atoms with Gasteiger partial charge in [-0.05, 0) is 31.0 Å². The molecule has 0 bridgehead atoms. The van der Waals surface area contributed by atoms with Gasteiger partial charge in [0.15, 0.2) is 6.61 Å². The first-order valence-electron chi connectivity index (χ1n) is 8.62. The molecule has 0 spiro atoms. The van der Waals surface area contributed by atoms with Crippen molar-refractivity contribution in [2.75, 3.05) is 25.0 Å². The number of carbonyl (C=O) groups excluding carboxylic acids is 2. The predicted octanol–water partition coefficient (Wildman–Crippen LogP) is 1.78. The van der Waals surface area contributed by atoms with Crippen LogP contribution in [0.2, 0.25) is 0 Å². The highest BCUT2D eigenvalue weighted by molar-refractivity contribution is 5.97. The number of aryl methyl sites for hydroxylation is 1. The summed E-state index contributed by atoms with van der Waals surface area (Å²) in [5.41, 5.74) is -0.109. The van der Waals surface area contributed by atoms with Crippen LogP contribution in [0.15, 0.2) is 41.3 Å². The second-order valence-corrected chi connectivity index (χ2v) is 6.35. The van der Waals surface area contributed by atoms with Gasteiger partial charge in [-0.1, -0.05) is 6.07 Å². The van der Waals surface area contributed by atoms with Crippen molar-refractivity contribution >= 4 is 17.5 Å². The van der Waals surface area contributed by atoms with Crippen LogP contribution < -0.4 is 15.6 Å². The van der Waals surface area contributed by atoms with Crippen LogP contribution in [0.5, 0.6) is 5.75 Å². The predicted molar refractivity (Wildman–Crippen MR) is 97.3 cm³/mol. The van der Waals surface area contributed by atoms with E-state index in [2.05, 4.69) is 5.32 Å². The zero-order valence-corrected chi connectivity index (χ0v) is 14.9. The van der Waals surface area contributed by atoms with E-state index >= 15 is 0 Å². The fourth-order valence-electron chi connectivity index (χ4n) is 2.91. The van der Waals surface area contributed by atoms with E-state index in [1.807, 2.05) is 0 Å². The lowest BCUT2D eigenvalue weighted by atomic mass is 10.2. The molecule has 7 nitrogen and oxygen atoms in total. The van der Waals surface area contributed by atoms with E-state index in [4.69, 9.17) is 4.74 Å². The summed E-state index contributed by atoms with van der Waals surface area (Å²) >= 11 is 0. The molecule has 2 amide bonds. The van der Waals surface area contributed by atoms with Gasteiger partial charge < -0.3 is 19.5 Å². The number of nitrogens with zero attached hydrogens (tertiary/aromatic N) is 2. The molecular weight excluding hydrogens is 353 g/mol. The fourth-order valence-corrected chi connectivity index (χ4v) is 2.91. The largest absolute Gasteiger partial charge is 0.484 e. The molecule has 27 heavy (non-hydrogen) atoms.